The van der Waals surface area contributed by atoms with E-state index in [0.717, 1.165) is 5.56 Å². The van der Waals surface area contributed by atoms with Gasteiger partial charge in [-0.1, -0.05) is 29.8 Å². The molecule has 3 rings (SSSR count). The summed E-state index contributed by atoms with van der Waals surface area (Å²) in [7, 11) is 0. The SMILES string of the molecule is O=c1[nH]c(C=Cc2ccc(Cl)cc2)nc2[nH]ncc12. The molecular weight excluding hydrogens is 264 g/mol. The monoisotopic (exact) mass is 272 g/mol. The fourth-order valence-electron chi connectivity index (χ4n) is 1.69. The molecule has 0 aliphatic heterocycles. The average Bonchev–Trinajstić information content (AvgIpc) is 2.87. The number of hydrogen-bond donors (Lipinski definition) is 2. The fourth-order valence-corrected chi connectivity index (χ4v) is 1.82. The number of nitrogens with zero attached hydrogens (tertiary/aromatic N) is 2. The smallest absolute Gasteiger partial charge is 0.262 e. The van der Waals surface area contributed by atoms with Crippen molar-refractivity contribution >= 4 is 34.8 Å². The molecule has 0 atom stereocenters. The molecule has 94 valence electrons. The molecule has 0 amide bonds. The Morgan fingerprint density at radius 1 is 1.16 bits per heavy atom. The van der Waals surface area contributed by atoms with E-state index in [-0.39, 0.29) is 5.56 Å². The van der Waals surface area contributed by atoms with E-state index in [1.54, 1.807) is 18.2 Å². The highest BCUT2D eigenvalue weighted by molar-refractivity contribution is 6.30. The van der Waals surface area contributed by atoms with E-state index in [9.17, 15) is 4.79 Å². The third-order valence-corrected chi connectivity index (χ3v) is 2.89. The number of fused-ring (bicyclic) bond motifs is 1. The number of nitrogens with one attached hydrogen (secondary N) is 2. The Morgan fingerprint density at radius 2 is 1.95 bits per heavy atom. The highest BCUT2D eigenvalue weighted by atomic mass is 35.5. The highest BCUT2D eigenvalue weighted by Crippen LogP contribution is 2.11. The Morgan fingerprint density at radius 3 is 2.74 bits per heavy atom. The van der Waals surface area contributed by atoms with E-state index < -0.39 is 0 Å². The van der Waals surface area contributed by atoms with Gasteiger partial charge in [0.1, 0.15) is 11.2 Å². The third-order valence-electron chi connectivity index (χ3n) is 2.64. The van der Waals surface area contributed by atoms with Gasteiger partial charge in [0.05, 0.1) is 6.20 Å². The van der Waals surface area contributed by atoms with Crippen molar-refractivity contribution in [2.24, 2.45) is 0 Å². The molecule has 2 N–H and O–H groups in total. The van der Waals surface area contributed by atoms with Gasteiger partial charge in [-0.3, -0.25) is 9.89 Å². The summed E-state index contributed by atoms with van der Waals surface area (Å²) in [6.45, 7) is 0. The molecule has 5 nitrogen and oxygen atoms in total. The molecule has 2 heterocycles. The Kier molecular flexibility index (Phi) is 2.89. The Bertz CT molecular complexity index is 801. The van der Waals surface area contributed by atoms with Crippen molar-refractivity contribution in [3.05, 3.63) is 57.2 Å². The molecule has 19 heavy (non-hydrogen) atoms. The molecule has 3 aromatic rings. The molecular formula is C13H9ClN4O. The minimum atomic E-state index is -0.213. The van der Waals surface area contributed by atoms with E-state index >= 15 is 0 Å². The first-order valence-corrected chi connectivity index (χ1v) is 5.97. The molecule has 0 unspecified atom stereocenters. The summed E-state index contributed by atoms with van der Waals surface area (Å²) >= 11 is 5.81. The van der Waals surface area contributed by atoms with E-state index in [1.165, 1.54) is 6.20 Å². The Hall–Kier alpha value is -2.40. The van der Waals surface area contributed by atoms with Gasteiger partial charge in [-0.2, -0.15) is 5.10 Å². The van der Waals surface area contributed by atoms with Gasteiger partial charge in [-0.25, -0.2) is 4.98 Å². The fraction of sp³-hybridized carbons (Fsp3) is 0. The van der Waals surface area contributed by atoms with Crippen LogP contribution in [0.4, 0.5) is 0 Å². The molecule has 0 aliphatic rings. The number of rotatable bonds is 2. The second-order valence-corrected chi connectivity index (χ2v) is 4.40. The first-order valence-electron chi connectivity index (χ1n) is 5.59. The topological polar surface area (TPSA) is 74.4 Å². The summed E-state index contributed by atoms with van der Waals surface area (Å²) in [6.07, 6.45) is 5.02. The summed E-state index contributed by atoms with van der Waals surface area (Å²) in [5.74, 6) is 0.469. The van der Waals surface area contributed by atoms with Crippen LogP contribution in [0.15, 0.2) is 35.3 Å². The number of aromatic nitrogens is 4. The first kappa shape index (κ1) is 11.7. The van der Waals surface area contributed by atoms with Crippen LogP contribution in [0.2, 0.25) is 5.02 Å². The molecule has 6 heteroatoms. The van der Waals surface area contributed by atoms with Gasteiger partial charge in [0.2, 0.25) is 0 Å². The van der Waals surface area contributed by atoms with Crippen molar-refractivity contribution in [3.8, 4) is 0 Å². The van der Waals surface area contributed by atoms with Crippen LogP contribution in [0.1, 0.15) is 11.4 Å². The molecule has 0 bridgehead atoms. The van der Waals surface area contributed by atoms with Crippen molar-refractivity contribution in [3.63, 3.8) is 0 Å². The zero-order chi connectivity index (χ0) is 13.2. The summed E-state index contributed by atoms with van der Waals surface area (Å²) < 4.78 is 0. The lowest BCUT2D eigenvalue weighted by Gasteiger charge is -1.95. The molecule has 1 aromatic carbocycles. The van der Waals surface area contributed by atoms with Gasteiger partial charge < -0.3 is 4.98 Å². The van der Waals surface area contributed by atoms with Crippen molar-refractivity contribution in [2.45, 2.75) is 0 Å². The Balaban J connectivity index is 1.96. The van der Waals surface area contributed by atoms with Gasteiger partial charge in [0.25, 0.3) is 5.56 Å². The van der Waals surface area contributed by atoms with Crippen LogP contribution in [0.5, 0.6) is 0 Å². The molecule has 2 aromatic heterocycles. The van der Waals surface area contributed by atoms with Gasteiger partial charge in [-0.15, -0.1) is 0 Å². The van der Waals surface area contributed by atoms with Crippen LogP contribution >= 0.6 is 11.6 Å². The number of halogens is 1. The first-order chi connectivity index (χ1) is 9.22. The molecule has 0 spiro atoms. The van der Waals surface area contributed by atoms with Gasteiger partial charge in [-0.05, 0) is 23.8 Å². The third kappa shape index (κ3) is 2.41. The lowest BCUT2D eigenvalue weighted by atomic mass is 10.2. The zero-order valence-electron chi connectivity index (χ0n) is 9.72. The largest absolute Gasteiger partial charge is 0.306 e. The van der Waals surface area contributed by atoms with E-state index in [2.05, 4.69) is 20.2 Å². The number of hydrogen-bond acceptors (Lipinski definition) is 3. The van der Waals surface area contributed by atoms with Gasteiger partial charge in [0, 0.05) is 5.02 Å². The average molecular weight is 273 g/mol. The van der Waals surface area contributed by atoms with Crippen LogP contribution in [0.25, 0.3) is 23.2 Å². The number of H-pyrrole nitrogens is 2. The number of benzene rings is 1. The predicted molar refractivity (Wildman–Crippen MR) is 74.9 cm³/mol. The second-order valence-electron chi connectivity index (χ2n) is 3.97. The standard InChI is InChI=1S/C13H9ClN4O/c14-9-4-1-8(2-5-9)3-6-11-16-12-10(7-15-18-12)13(19)17-11/h1-7H,(H2,15,16,17,18,19). The van der Waals surface area contributed by atoms with Crippen LogP contribution in [-0.4, -0.2) is 20.2 Å². The van der Waals surface area contributed by atoms with Gasteiger partial charge in [0.15, 0.2) is 5.65 Å². The van der Waals surface area contributed by atoms with Crippen LogP contribution in [-0.2, 0) is 0 Å². The van der Waals surface area contributed by atoms with Crippen LogP contribution in [0.3, 0.4) is 0 Å². The minimum absolute atomic E-state index is 0.213. The minimum Gasteiger partial charge on any atom is -0.306 e. The molecule has 0 saturated heterocycles. The normalized spacial score (nSPS) is 11.4. The molecule has 0 aliphatic carbocycles. The molecule has 0 fully saturated rings. The maximum Gasteiger partial charge on any atom is 0.262 e. The van der Waals surface area contributed by atoms with Gasteiger partial charge >= 0.3 is 0 Å². The summed E-state index contributed by atoms with van der Waals surface area (Å²) in [4.78, 5) is 18.6. The van der Waals surface area contributed by atoms with Crippen LogP contribution < -0.4 is 5.56 Å². The lowest BCUT2D eigenvalue weighted by Crippen LogP contribution is -2.08. The summed E-state index contributed by atoms with van der Waals surface area (Å²) in [5.41, 5.74) is 1.23. The maximum absolute atomic E-state index is 11.7. The number of aromatic amines is 2. The van der Waals surface area contributed by atoms with Crippen LogP contribution in [0, 0.1) is 0 Å². The maximum atomic E-state index is 11.7. The molecule has 0 radical (unpaired) electrons. The molecule has 0 saturated carbocycles. The predicted octanol–water partition coefficient (Wildman–Crippen LogP) is 2.47. The van der Waals surface area contributed by atoms with E-state index in [0.29, 0.717) is 21.9 Å². The van der Waals surface area contributed by atoms with E-state index in [4.69, 9.17) is 11.6 Å². The van der Waals surface area contributed by atoms with Crippen molar-refractivity contribution in [1.29, 1.82) is 0 Å². The van der Waals surface area contributed by atoms with Crippen molar-refractivity contribution in [2.75, 3.05) is 0 Å². The summed E-state index contributed by atoms with van der Waals surface area (Å²) in [5, 5.41) is 7.59. The summed E-state index contributed by atoms with van der Waals surface area (Å²) in [6, 6.07) is 7.36. The second kappa shape index (κ2) is 4.70. The van der Waals surface area contributed by atoms with E-state index in [1.807, 2.05) is 18.2 Å². The lowest BCUT2D eigenvalue weighted by molar-refractivity contribution is 1.07. The quantitative estimate of drug-likeness (QED) is 0.752. The zero-order valence-corrected chi connectivity index (χ0v) is 10.5. The Labute approximate surface area is 113 Å². The van der Waals surface area contributed by atoms with Crippen molar-refractivity contribution in [1.82, 2.24) is 20.2 Å². The highest BCUT2D eigenvalue weighted by Gasteiger charge is 2.02. The van der Waals surface area contributed by atoms with Crippen molar-refractivity contribution < 1.29 is 0 Å².